The van der Waals surface area contributed by atoms with Crippen molar-refractivity contribution >= 4 is 29.0 Å². The van der Waals surface area contributed by atoms with E-state index in [0.29, 0.717) is 16.7 Å². The van der Waals surface area contributed by atoms with Gasteiger partial charge in [0.25, 0.3) is 11.1 Å². The maximum Gasteiger partial charge on any atom is 0.387 e. The lowest BCUT2D eigenvalue weighted by Gasteiger charge is -2.12. The molecule has 0 spiro atoms. The van der Waals surface area contributed by atoms with E-state index in [4.69, 9.17) is 0 Å². The number of thioether (sulfide) groups is 1. The number of carbonyl (C=O) groups excluding carboxylic acids is 2. The molecular weight excluding hydrogens is 288 g/mol. The second kappa shape index (κ2) is 5.62. The zero-order chi connectivity index (χ0) is 14.9. The molecule has 0 saturated carbocycles. The number of hydrogen-bond donors (Lipinski definition) is 1. The van der Waals surface area contributed by atoms with Gasteiger partial charge in [-0.15, -0.1) is 0 Å². The van der Waals surface area contributed by atoms with Crippen LogP contribution in [0.5, 0.6) is 5.75 Å². The third kappa shape index (κ3) is 3.16. The molecule has 106 valence electrons. The van der Waals surface area contributed by atoms with Crippen LogP contribution in [0, 0.1) is 13.8 Å². The van der Waals surface area contributed by atoms with E-state index in [9.17, 15) is 18.4 Å². The van der Waals surface area contributed by atoms with Crippen LogP contribution in [-0.2, 0) is 4.79 Å². The molecule has 1 heterocycles. The van der Waals surface area contributed by atoms with Gasteiger partial charge in [0.15, 0.2) is 0 Å². The van der Waals surface area contributed by atoms with E-state index in [1.807, 2.05) is 0 Å². The highest BCUT2D eigenvalue weighted by atomic mass is 32.2. The Labute approximate surface area is 118 Å². The predicted octanol–water partition coefficient (Wildman–Crippen LogP) is 3.23. The largest absolute Gasteiger partial charge is 0.434 e. The lowest BCUT2D eigenvalue weighted by molar-refractivity contribution is -0.115. The van der Waals surface area contributed by atoms with Crippen molar-refractivity contribution in [1.82, 2.24) is 5.32 Å². The molecule has 0 aromatic heterocycles. The molecule has 0 bridgehead atoms. The molecule has 1 saturated heterocycles. The van der Waals surface area contributed by atoms with E-state index in [1.54, 1.807) is 26.0 Å². The number of amides is 2. The Kier molecular flexibility index (Phi) is 4.08. The summed E-state index contributed by atoms with van der Waals surface area (Å²) in [5.74, 6) is -0.329. The number of hydrogen-bond acceptors (Lipinski definition) is 4. The molecule has 0 radical (unpaired) electrons. The molecule has 1 aromatic carbocycles. The Morgan fingerprint density at radius 2 is 1.85 bits per heavy atom. The second-order valence-electron chi connectivity index (χ2n) is 4.21. The number of rotatable bonds is 3. The first-order valence-corrected chi connectivity index (χ1v) is 6.49. The van der Waals surface area contributed by atoms with Gasteiger partial charge in [0.05, 0.1) is 4.91 Å². The minimum atomic E-state index is -2.88. The highest BCUT2D eigenvalue weighted by molar-refractivity contribution is 8.18. The van der Waals surface area contributed by atoms with Gasteiger partial charge in [-0.3, -0.25) is 14.9 Å². The Balaban J connectivity index is 2.33. The minimum absolute atomic E-state index is 0.127. The molecule has 20 heavy (non-hydrogen) atoms. The molecule has 1 aromatic rings. The fourth-order valence-corrected chi connectivity index (χ4v) is 2.60. The summed E-state index contributed by atoms with van der Waals surface area (Å²) in [7, 11) is 0. The molecule has 2 amide bonds. The molecule has 2 rings (SSSR count). The summed E-state index contributed by atoms with van der Waals surface area (Å²) in [6, 6.07) is 3.24. The summed E-state index contributed by atoms with van der Waals surface area (Å²) in [6.07, 6.45) is 1.54. The zero-order valence-electron chi connectivity index (χ0n) is 10.7. The van der Waals surface area contributed by atoms with Crippen molar-refractivity contribution < 1.29 is 23.1 Å². The Hall–Kier alpha value is -1.89. The van der Waals surface area contributed by atoms with Crippen molar-refractivity contribution in [2.24, 2.45) is 0 Å². The van der Waals surface area contributed by atoms with Crippen molar-refractivity contribution in [1.29, 1.82) is 0 Å². The monoisotopic (exact) mass is 299 g/mol. The van der Waals surface area contributed by atoms with Gasteiger partial charge in [0.1, 0.15) is 5.75 Å². The smallest absolute Gasteiger partial charge is 0.387 e. The van der Waals surface area contributed by atoms with Gasteiger partial charge in [-0.1, -0.05) is 0 Å². The lowest BCUT2D eigenvalue weighted by atomic mass is 10.1. The fraction of sp³-hybridized carbons (Fsp3) is 0.231. The van der Waals surface area contributed by atoms with Gasteiger partial charge in [0, 0.05) is 0 Å². The normalized spacial score (nSPS) is 16.9. The summed E-state index contributed by atoms with van der Waals surface area (Å²) in [5.41, 5.74) is 1.72. The molecule has 0 atom stereocenters. The lowest BCUT2D eigenvalue weighted by Crippen LogP contribution is -2.17. The summed E-state index contributed by atoms with van der Waals surface area (Å²) in [4.78, 5) is 22.8. The summed E-state index contributed by atoms with van der Waals surface area (Å²) >= 11 is 0.805. The molecule has 1 fully saturated rings. The maximum atomic E-state index is 12.3. The highest BCUT2D eigenvalue weighted by Crippen LogP contribution is 2.30. The summed E-state index contributed by atoms with van der Waals surface area (Å²) in [6.45, 7) is 0.393. The van der Waals surface area contributed by atoms with Crippen LogP contribution < -0.4 is 10.1 Å². The van der Waals surface area contributed by atoms with Gasteiger partial charge in [0.2, 0.25) is 0 Å². The standard InChI is InChI=1S/C13H11F2NO3S/c1-6-3-8(4-7(2)10(6)19-12(14)15)5-9-11(17)16-13(18)20-9/h3-5,12H,1-2H3,(H,16,17,18)/b9-5+. The average molecular weight is 299 g/mol. The molecule has 0 aliphatic carbocycles. The van der Waals surface area contributed by atoms with Crippen LogP contribution in [0.1, 0.15) is 16.7 Å². The van der Waals surface area contributed by atoms with Crippen molar-refractivity contribution in [2.45, 2.75) is 20.5 Å². The number of aryl methyl sites for hydroxylation is 2. The van der Waals surface area contributed by atoms with Crippen LogP contribution >= 0.6 is 11.8 Å². The van der Waals surface area contributed by atoms with Crippen LogP contribution in [-0.4, -0.2) is 17.8 Å². The third-order valence-electron chi connectivity index (χ3n) is 2.63. The first kappa shape index (κ1) is 14.5. The molecule has 1 N–H and O–H groups in total. The summed E-state index contributed by atoms with van der Waals surface area (Å²) in [5, 5.41) is 1.72. The molecule has 4 nitrogen and oxygen atoms in total. The number of carbonyl (C=O) groups is 2. The van der Waals surface area contributed by atoms with Crippen LogP contribution in [0.15, 0.2) is 17.0 Å². The quantitative estimate of drug-likeness (QED) is 0.871. The molecule has 1 aliphatic heterocycles. The zero-order valence-corrected chi connectivity index (χ0v) is 11.5. The Bertz CT molecular complexity index is 591. The van der Waals surface area contributed by atoms with E-state index in [2.05, 4.69) is 10.1 Å². The number of alkyl halides is 2. The first-order valence-electron chi connectivity index (χ1n) is 5.67. The van der Waals surface area contributed by atoms with Crippen molar-refractivity contribution in [3.63, 3.8) is 0 Å². The second-order valence-corrected chi connectivity index (χ2v) is 5.23. The van der Waals surface area contributed by atoms with Crippen LogP contribution in [0.3, 0.4) is 0 Å². The van der Waals surface area contributed by atoms with Crippen molar-refractivity contribution in [2.75, 3.05) is 0 Å². The Morgan fingerprint density at radius 3 is 2.30 bits per heavy atom. The van der Waals surface area contributed by atoms with Crippen LogP contribution in [0.2, 0.25) is 0 Å². The van der Waals surface area contributed by atoms with Crippen molar-refractivity contribution in [3.8, 4) is 5.75 Å². The number of nitrogens with one attached hydrogen (secondary N) is 1. The molecule has 7 heteroatoms. The molecular formula is C13H11F2NO3S. The van der Waals surface area contributed by atoms with E-state index < -0.39 is 17.8 Å². The molecule has 1 aliphatic rings. The topological polar surface area (TPSA) is 55.4 Å². The van der Waals surface area contributed by atoms with Gasteiger partial charge in [-0.2, -0.15) is 8.78 Å². The summed E-state index contributed by atoms with van der Waals surface area (Å²) < 4.78 is 29.0. The van der Waals surface area contributed by atoms with E-state index in [1.165, 1.54) is 6.08 Å². The SMILES string of the molecule is Cc1cc(/C=C2/SC(=O)NC2=O)cc(C)c1OC(F)F. The van der Waals surface area contributed by atoms with Crippen LogP contribution in [0.25, 0.3) is 6.08 Å². The van der Waals surface area contributed by atoms with Crippen molar-refractivity contribution in [3.05, 3.63) is 33.7 Å². The molecule has 0 unspecified atom stereocenters. The first-order chi connectivity index (χ1) is 9.36. The number of ether oxygens (including phenoxy) is 1. The third-order valence-corrected chi connectivity index (χ3v) is 3.44. The van der Waals surface area contributed by atoms with Crippen LogP contribution in [0.4, 0.5) is 13.6 Å². The van der Waals surface area contributed by atoms with E-state index >= 15 is 0 Å². The van der Waals surface area contributed by atoms with E-state index in [-0.39, 0.29) is 10.7 Å². The predicted molar refractivity (Wildman–Crippen MR) is 71.7 cm³/mol. The van der Waals surface area contributed by atoms with E-state index in [0.717, 1.165) is 11.8 Å². The van der Waals surface area contributed by atoms with Gasteiger partial charge >= 0.3 is 6.61 Å². The van der Waals surface area contributed by atoms with Gasteiger partial charge in [-0.25, -0.2) is 0 Å². The number of halogens is 2. The highest BCUT2D eigenvalue weighted by Gasteiger charge is 2.25. The van der Waals surface area contributed by atoms with Gasteiger partial charge in [-0.05, 0) is 60.5 Å². The number of benzene rings is 1. The van der Waals surface area contributed by atoms with Gasteiger partial charge < -0.3 is 4.74 Å². The average Bonchev–Trinajstić information content (AvgIpc) is 2.62. The maximum absolute atomic E-state index is 12.3. The number of imide groups is 1. The minimum Gasteiger partial charge on any atom is -0.434 e. The Morgan fingerprint density at radius 1 is 1.25 bits per heavy atom. The fourth-order valence-electron chi connectivity index (χ4n) is 1.91.